The Hall–Kier alpha value is -0.140. The molecule has 0 radical (unpaired) electrons. The highest BCUT2D eigenvalue weighted by atomic mass is 32.2. The Morgan fingerprint density at radius 1 is 0.778 bits per heavy atom. The van der Waals surface area contributed by atoms with Gasteiger partial charge in [-0.2, -0.15) is 0 Å². The van der Waals surface area contributed by atoms with E-state index in [0.29, 0.717) is 5.41 Å². The first-order valence-corrected chi connectivity index (χ1v) is 11.2. The zero-order valence-corrected chi connectivity index (χ0v) is 18.8. The molecule has 0 rings (SSSR count). The number of rotatable bonds is 0. The van der Waals surface area contributed by atoms with Crippen LogP contribution in [-0.4, -0.2) is 48.3 Å². The van der Waals surface area contributed by atoms with Gasteiger partial charge in [-0.3, -0.25) is 4.21 Å². The van der Waals surface area contributed by atoms with Crippen LogP contribution in [0.4, 0.5) is 0 Å². The second kappa shape index (κ2) is 36.7. The van der Waals surface area contributed by atoms with Gasteiger partial charge in [-0.1, -0.05) is 77.0 Å². The van der Waals surface area contributed by atoms with Gasteiger partial charge in [-0.05, 0) is 38.0 Å². The number of carbonyl (C=O) groups excluding carboxylic acids is 1. The highest BCUT2D eigenvalue weighted by Gasteiger charge is 1.95. The lowest BCUT2D eigenvalue weighted by molar-refractivity contribution is -0.115. The van der Waals surface area contributed by atoms with Crippen molar-refractivity contribution in [1.29, 1.82) is 0 Å². The van der Waals surface area contributed by atoms with Crippen molar-refractivity contribution in [2.24, 2.45) is 5.41 Å². The smallest absolute Gasteiger partial charge is 0.144 e. The zero-order chi connectivity index (χ0) is 19.7. The number of carbonyl (C=O) groups is 1. The summed E-state index contributed by atoms with van der Waals surface area (Å²) in [7, 11) is -3.28. The van der Waals surface area contributed by atoms with Gasteiger partial charge in [0, 0.05) is 35.8 Å². The molecule has 0 aromatic rings. The van der Waals surface area contributed by atoms with Crippen molar-refractivity contribution in [1.82, 2.24) is 0 Å². The van der Waals surface area contributed by atoms with Gasteiger partial charge in [0.05, 0.1) is 0 Å². The van der Waals surface area contributed by atoms with Gasteiger partial charge >= 0.3 is 0 Å². The van der Waals surface area contributed by atoms with Crippen LogP contribution < -0.4 is 0 Å². The number of hydrogen-bond acceptors (Lipinski definition) is 5. The summed E-state index contributed by atoms with van der Waals surface area (Å²) in [5.74, 6) is 0.167. The van der Waals surface area contributed by atoms with Crippen LogP contribution in [0, 0.1) is 5.41 Å². The Labute approximate surface area is 183 Å². The largest absolute Gasteiger partial charge is 0.300 e. The first-order chi connectivity index (χ1) is 9.20. The third-order valence-corrected chi connectivity index (χ3v) is 0. The number of ketones is 1. The van der Waals surface area contributed by atoms with Crippen molar-refractivity contribution in [2.75, 3.05) is 25.0 Å². The number of sulfone groups is 1. The van der Waals surface area contributed by atoms with Crippen LogP contribution in [0.5, 0.6) is 0 Å². The molecule has 4 nitrogen and oxygen atoms in total. The first kappa shape index (κ1) is 63.2. The highest BCUT2D eigenvalue weighted by Crippen LogP contribution is 2.08. The Morgan fingerprint density at radius 2 is 0.778 bits per heavy atom. The summed E-state index contributed by atoms with van der Waals surface area (Å²) >= 11 is 4.54. The maximum Gasteiger partial charge on any atom is 0.144 e. The van der Waals surface area contributed by atoms with E-state index >= 15 is 0 Å². The molecule has 0 heterocycles. The highest BCUT2D eigenvalue weighted by molar-refractivity contribution is 7.89. The molecule has 0 aliphatic carbocycles. The molecule has 0 unspecified atom stereocenters. The predicted molar refractivity (Wildman–Crippen MR) is 140 cm³/mol. The Balaban J connectivity index is -0.0000000160. The molecular formula is C20H56O4S3. The number of Topliss-reactive ketones (excluding diaryl/α,β-unsaturated/α-hetero) is 1. The van der Waals surface area contributed by atoms with E-state index in [9.17, 15) is 17.4 Å². The van der Waals surface area contributed by atoms with E-state index < -0.39 is 20.6 Å². The molecule has 0 saturated heterocycles. The molecule has 0 atom stereocenters. The molecule has 27 heavy (non-hydrogen) atoms. The molecule has 7 heteroatoms. The lowest BCUT2D eigenvalue weighted by atomic mass is 10.0. The van der Waals surface area contributed by atoms with Crippen molar-refractivity contribution in [3.63, 3.8) is 0 Å². The fourth-order valence-corrected chi connectivity index (χ4v) is 0. The van der Waals surface area contributed by atoms with Crippen molar-refractivity contribution in [3.8, 4) is 0 Å². The van der Waals surface area contributed by atoms with E-state index in [0.717, 1.165) is 17.4 Å². The standard InChI is InChI=1S/C5H12.C3H6O.C3H6S.C2H6O2S.C2H6OS.5CH4/c1-5(2,3)4;2*1-3(2)4;1-5(2,3)4;1-4(2)3;;;;;/h1-4H3;2*1-2H3;1-2H3;1-2H3;5*1H4. The molecule has 0 aromatic carbocycles. The minimum Gasteiger partial charge on any atom is -0.300 e. The Morgan fingerprint density at radius 3 is 0.778 bits per heavy atom. The quantitative estimate of drug-likeness (QED) is 0.371. The summed E-state index contributed by atoms with van der Waals surface area (Å²) in [5, 5.41) is 0. The van der Waals surface area contributed by atoms with E-state index in [1.165, 1.54) is 13.8 Å². The van der Waals surface area contributed by atoms with Gasteiger partial charge in [0.2, 0.25) is 0 Å². The fraction of sp³-hybridized carbons (Fsp3) is 0.900. The summed E-state index contributed by atoms with van der Waals surface area (Å²) in [6.07, 6.45) is 5.60. The lowest BCUT2D eigenvalue weighted by Crippen LogP contribution is -1.93. The van der Waals surface area contributed by atoms with Crippen LogP contribution >= 0.6 is 12.2 Å². The van der Waals surface area contributed by atoms with Crippen LogP contribution in [-0.2, 0) is 25.4 Å². The molecule has 0 aliphatic rings. The monoisotopic (exact) mass is 456 g/mol. The SMILES string of the molecule is C.C.C.C.C.CC(C)(C)C.CC(C)=O.CC(C)=S.CS(C)(=O)=O.CS(C)=O. The fourth-order valence-electron chi connectivity index (χ4n) is 0. The van der Waals surface area contributed by atoms with Crippen molar-refractivity contribution in [3.05, 3.63) is 0 Å². The number of thiocarbonyl (C=S) groups is 1. The molecule has 0 aromatic heterocycles. The van der Waals surface area contributed by atoms with E-state index in [-0.39, 0.29) is 42.9 Å². The van der Waals surface area contributed by atoms with Gasteiger partial charge in [-0.15, -0.1) is 0 Å². The van der Waals surface area contributed by atoms with Crippen LogP contribution in [0.2, 0.25) is 0 Å². The summed E-state index contributed by atoms with van der Waals surface area (Å²) < 4.78 is 28.8. The van der Waals surface area contributed by atoms with Crippen LogP contribution in [0.25, 0.3) is 0 Å². The van der Waals surface area contributed by atoms with Gasteiger partial charge in [-0.25, -0.2) is 8.42 Å². The van der Waals surface area contributed by atoms with E-state index in [2.05, 4.69) is 39.9 Å². The molecule has 0 spiro atoms. The average Bonchev–Trinajstić information content (AvgIpc) is 1.88. The van der Waals surface area contributed by atoms with Crippen LogP contribution in [0.3, 0.4) is 0 Å². The van der Waals surface area contributed by atoms with Gasteiger partial charge in [0.1, 0.15) is 15.6 Å². The van der Waals surface area contributed by atoms with Gasteiger partial charge in [0.15, 0.2) is 0 Å². The van der Waals surface area contributed by atoms with E-state index in [1.807, 2.05) is 13.8 Å². The van der Waals surface area contributed by atoms with Gasteiger partial charge < -0.3 is 4.79 Å². The lowest BCUT2D eigenvalue weighted by Gasteiger charge is -2.05. The Bertz CT molecular complexity index is 339. The second-order valence-corrected chi connectivity index (χ2v) is 11.3. The van der Waals surface area contributed by atoms with E-state index in [1.54, 1.807) is 12.5 Å². The van der Waals surface area contributed by atoms with Gasteiger partial charge in [0.25, 0.3) is 0 Å². The van der Waals surface area contributed by atoms with Crippen molar-refractivity contribution < 1.29 is 17.4 Å². The molecule has 178 valence electrons. The Kier molecular flexibility index (Phi) is 86.0. The zero-order valence-electron chi connectivity index (χ0n) is 16.4. The summed E-state index contributed by atoms with van der Waals surface area (Å²) in [6, 6.07) is 0. The molecule has 0 fully saturated rings. The topological polar surface area (TPSA) is 68.3 Å². The van der Waals surface area contributed by atoms with Crippen LogP contribution in [0.1, 0.15) is 92.5 Å². The third-order valence-electron chi connectivity index (χ3n) is 0. The predicted octanol–water partition coefficient (Wildman–Crippen LogP) is 6.88. The molecule has 0 bridgehead atoms. The summed E-state index contributed by atoms with van der Waals surface area (Å²) in [5.41, 5.74) is 0.500. The molecular weight excluding hydrogens is 400 g/mol. The molecule has 0 N–H and O–H groups in total. The third kappa shape index (κ3) is 751000. The average molecular weight is 457 g/mol. The first-order valence-electron chi connectivity index (χ1n) is 6.54. The second-order valence-electron chi connectivity index (χ2n) is 6.70. The normalized spacial score (nSPS) is 7.59. The van der Waals surface area contributed by atoms with Crippen molar-refractivity contribution in [2.45, 2.75) is 92.5 Å². The minimum absolute atomic E-state index is 0. The molecule has 0 saturated carbocycles. The van der Waals surface area contributed by atoms with Crippen LogP contribution in [0.15, 0.2) is 0 Å². The number of hydrogen-bond donors (Lipinski definition) is 0. The van der Waals surface area contributed by atoms with E-state index in [4.69, 9.17) is 0 Å². The summed E-state index contributed by atoms with van der Waals surface area (Å²) in [6.45, 7) is 15.6. The van der Waals surface area contributed by atoms with Crippen molar-refractivity contribution >= 4 is 43.5 Å². The molecule has 0 aliphatic heterocycles. The maximum atomic E-state index is 9.63. The summed E-state index contributed by atoms with van der Waals surface area (Å²) in [4.78, 5) is 10.4. The maximum absolute atomic E-state index is 9.63. The minimum atomic E-state index is -2.67. The molecule has 0 amide bonds.